The number of nitrogen functional groups attached to an aromatic ring is 1. The van der Waals surface area contributed by atoms with Gasteiger partial charge >= 0.3 is 0 Å². The van der Waals surface area contributed by atoms with E-state index in [-0.39, 0.29) is 11.9 Å². The zero-order chi connectivity index (χ0) is 12.8. The van der Waals surface area contributed by atoms with Gasteiger partial charge in [-0.1, -0.05) is 13.8 Å². The molecule has 0 saturated carbocycles. The number of thiophene rings is 1. The van der Waals surface area contributed by atoms with E-state index in [1.165, 1.54) is 0 Å². The Kier molecular flexibility index (Phi) is 5.44. The molecule has 0 saturated heterocycles. The summed E-state index contributed by atoms with van der Waals surface area (Å²) in [5.74, 6) is 0.513. The molecule has 1 rings (SSSR count). The first-order chi connectivity index (χ1) is 8.04. The molecule has 0 aliphatic rings. The molecule has 1 unspecified atom stereocenters. The Balaban J connectivity index is 2.55. The Morgan fingerprint density at radius 3 is 2.71 bits per heavy atom. The number of amides is 1. The molecule has 0 aliphatic carbocycles. The maximum Gasteiger partial charge on any atom is 0.236 e. The zero-order valence-electron chi connectivity index (χ0n) is 10.6. The highest BCUT2D eigenvalue weighted by Gasteiger charge is 2.18. The number of nitrogens with one attached hydrogen (secondary N) is 2. The molecule has 96 valence electrons. The Labute approximate surface area is 107 Å². The summed E-state index contributed by atoms with van der Waals surface area (Å²) in [4.78, 5) is 12.8. The molecule has 0 radical (unpaired) electrons. The van der Waals surface area contributed by atoms with Crippen LogP contribution in [0.2, 0.25) is 0 Å². The summed E-state index contributed by atoms with van der Waals surface area (Å²) in [5, 5.41) is 7.91. The quantitative estimate of drug-likeness (QED) is 0.723. The van der Waals surface area contributed by atoms with Gasteiger partial charge in [-0.2, -0.15) is 0 Å². The van der Waals surface area contributed by atoms with Gasteiger partial charge in [-0.15, -0.1) is 11.3 Å². The minimum Gasteiger partial charge on any atom is -0.398 e. The summed E-state index contributed by atoms with van der Waals surface area (Å²) in [5.41, 5.74) is 6.60. The van der Waals surface area contributed by atoms with Gasteiger partial charge in [0, 0.05) is 24.2 Å². The van der Waals surface area contributed by atoms with Gasteiger partial charge in [-0.3, -0.25) is 4.79 Å². The van der Waals surface area contributed by atoms with Gasteiger partial charge in [-0.25, -0.2) is 0 Å². The summed E-state index contributed by atoms with van der Waals surface area (Å²) in [6.07, 6.45) is 0.824. The summed E-state index contributed by atoms with van der Waals surface area (Å²) in [6.45, 7) is 4.86. The molecule has 0 aromatic carbocycles. The van der Waals surface area contributed by atoms with Crippen molar-refractivity contribution in [1.82, 2.24) is 10.6 Å². The normalized spacial score (nSPS) is 12.7. The Morgan fingerprint density at radius 1 is 1.53 bits per heavy atom. The lowest BCUT2D eigenvalue weighted by atomic mass is 10.0. The minimum atomic E-state index is -0.151. The van der Waals surface area contributed by atoms with E-state index in [4.69, 9.17) is 5.73 Å². The van der Waals surface area contributed by atoms with Crippen LogP contribution in [0, 0.1) is 5.92 Å². The van der Waals surface area contributed by atoms with Gasteiger partial charge in [0.1, 0.15) is 0 Å². The van der Waals surface area contributed by atoms with Gasteiger partial charge in [0.15, 0.2) is 0 Å². The number of rotatable bonds is 6. The number of hydrogen-bond acceptors (Lipinski definition) is 4. The SMILES string of the molecule is CNC(=O)C(CC(C)C)NCc1sccc1N. The Hall–Kier alpha value is -1.07. The van der Waals surface area contributed by atoms with Crippen LogP contribution in [0.4, 0.5) is 5.69 Å². The molecule has 1 heterocycles. The lowest BCUT2D eigenvalue weighted by molar-refractivity contribution is -0.123. The average Bonchev–Trinajstić information content (AvgIpc) is 2.68. The molecule has 0 fully saturated rings. The molecule has 1 atom stereocenters. The van der Waals surface area contributed by atoms with Crippen molar-refractivity contribution >= 4 is 22.9 Å². The number of carbonyl (C=O) groups excluding carboxylic acids is 1. The summed E-state index contributed by atoms with van der Waals surface area (Å²) < 4.78 is 0. The van der Waals surface area contributed by atoms with Crippen LogP contribution in [-0.4, -0.2) is 19.0 Å². The first kappa shape index (κ1) is 14.0. The Morgan fingerprint density at radius 2 is 2.24 bits per heavy atom. The lowest BCUT2D eigenvalue weighted by Gasteiger charge is -2.18. The van der Waals surface area contributed by atoms with Crippen LogP contribution in [0.15, 0.2) is 11.4 Å². The number of anilines is 1. The molecule has 1 amide bonds. The summed E-state index contributed by atoms with van der Waals surface area (Å²) in [7, 11) is 1.66. The molecule has 0 aliphatic heterocycles. The van der Waals surface area contributed by atoms with Crippen molar-refractivity contribution in [1.29, 1.82) is 0 Å². The Bertz CT molecular complexity index is 362. The molecule has 1 aromatic heterocycles. The van der Waals surface area contributed by atoms with E-state index in [0.717, 1.165) is 17.0 Å². The lowest BCUT2D eigenvalue weighted by Crippen LogP contribution is -2.43. The third-order valence-electron chi connectivity index (χ3n) is 2.56. The fourth-order valence-corrected chi connectivity index (χ4v) is 2.39. The first-order valence-corrected chi connectivity index (χ1v) is 6.69. The molecule has 17 heavy (non-hydrogen) atoms. The highest BCUT2D eigenvalue weighted by molar-refractivity contribution is 7.10. The van der Waals surface area contributed by atoms with Crippen LogP contribution in [0.25, 0.3) is 0 Å². The van der Waals surface area contributed by atoms with E-state index in [1.807, 2.05) is 11.4 Å². The highest BCUT2D eigenvalue weighted by Crippen LogP contribution is 2.18. The molecule has 4 nitrogen and oxygen atoms in total. The van der Waals surface area contributed by atoms with Crippen molar-refractivity contribution < 1.29 is 4.79 Å². The van der Waals surface area contributed by atoms with E-state index in [9.17, 15) is 4.79 Å². The van der Waals surface area contributed by atoms with Gasteiger partial charge in [-0.05, 0) is 23.8 Å². The second-order valence-corrected chi connectivity index (χ2v) is 5.48. The smallest absolute Gasteiger partial charge is 0.236 e. The fourth-order valence-electron chi connectivity index (χ4n) is 1.64. The molecule has 1 aromatic rings. The second kappa shape index (κ2) is 6.61. The summed E-state index contributed by atoms with van der Waals surface area (Å²) in [6, 6.07) is 1.74. The number of nitrogens with two attached hydrogens (primary N) is 1. The van der Waals surface area contributed by atoms with Crippen molar-refractivity contribution in [3.63, 3.8) is 0 Å². The molecule has 0 bridgehead atoms. The van der Waals surface area contributed by atoms with E-state index in [1.54, 1.807) is 18.4 Å². The number of carbonyl (C=O) groups is 1. The number of hydrogen-bond donors (Lipinski definition) is 3. The van der Waals surface area contributed by atoms with Crippen LogP contribution < -0.4 is 16.4 Å². The van der Waals surface area contributed by atoms with E-state index in [2.05, 4.69) is 24.5 Å². The van der Waals surface area contributed by atoms with Crippen molar-refractivity contribution in [2.24, 2.45) is 5.92 Å². The average molecular weight is 255 g/mol. The predicted octanol–water partition coefficient (Wildman–Crippen LogP) is 1.58. The fraction of sp³-hybridized carbons (Fsp3) is 0.583. The van der Waals surface area contributed by atoms with Crippen LogP contribution in [0.5, 0.6) is 0 Å². The minimum absolute atomic E-state index is 0.0360. The standard InChI is InChI=1S/C12H21N3OS/c1-8(2)6-10(12(16)14-3)15-7-11-9(13)4-5-17-11/h4-5,8,10,15H,6-7,13H2,1-3H3,(H,14,16). The van der Waals surface area contributed by atoms with Crippen molar-refractivity contribution in [2.75, 3.05) is 12.8 Å². The zero-order valence-corrected chi connectivity index (χ0v) is 11.4. The van der Waals surface area contributed by atoms with E-state index in [0.29, 0.717) is 12.5 Å². The molecular weight excluding hydrogens is 234 g/mol. The highest BCUT2D eigenvalue weighted by atomic mass is 32.1. The largest absolute Gasteiger partial charge is 0.398 e. The van der Waals surface area contributed by atoms with E-state index >= 15 is 0 Å². The van der Waals surface area contributed by atoms with Crippen molar-refractivity contribution in [3.05, 3.63) is 16.3 Å². The van der Waals surface area contributed by atoms with Crippen LogP contribution in [-0.2, 0) is 11.3 Å². The van der Waals surface area contributed by atoms with Crippen LogP contribution in [0.1, 0.15) is 25.1 Å². The molecule has 5 heteroatoms. The van der Waals surface area contributed by atoms with Crippen molar-refractivity contribution in [2.45, 2.75) is 32.9 Å². The topological polar surface area (TPSA) is 67.2 Å². The molecule has 4 N–H and O–H groups in total. The third kappa shape index (κ3) is 4.36. The molecular formula is C12H21N3OS. The maximum absolute atomic E-state index is 11.7. The predicted molar refractivity (Wildman–Crippen MR) is 72.9 cm³/mol. The van der Waals surface area contributed by atoms with Gasteiger partial charge < -0.3 is 16.4 Å². The van der Waals surface area contributed by atoms with Gasteiger partial charge in [0.2, 0.25) is 5.91 Å². The van der Waals surface area contributed by atoms with Crippen LogP contribution >= 0.6 is 11.3 Å². The second-order valence-electron chi connectivity index (χ2n) is 4.48. The monoisotopic (exact) mass is 255 g/mol. The first-order valence-electron chi connectivity index (χ1n) is 5.81. The van der Waals surface area contributed by atoms with Gasteiger partial charge in [0.05, 0.1) is 6.04 Å². The van der Waals surface area contributed by atoms with Crippen LogP contribution in [0.3, 0.4) is 0 Å². The third-order valence-corrected chi connectivity index (χ3v) is 3.50. The number of likely N-dealkylation sites (N-methyl/N-ethyl adjacent to an activating group) is 1. The maximum atomic E-state index is 11.7. The van der Waals surface area contributed by atoms with Crippen molar-refractivity contribution in [3.8, 4) is 0 Å². The van der Waals surface area contributed by atoms with E-state index < -0.39 is 0 Å². The molecule has 0 spiro atoms. The van der Waals surface area contributed by atoms with Gasteiger partial charge in [0.25, 0.3) is 0 Å². The summed E-state index contributed by atoms with van der Waals surface area (Å²) >= 11 is 1.61.